The van der Waals surface area contributed by atoms with Gasteiger partial charge in [0.2, 0.25) is 0 Å². The van der Waals surface area contributed by atoms with E-state index in [4.69, 9.17) is 9.47 Å². The molecule has 1 aliphatic carbocycles. The zero-order valence-corrected chi connectivity index (χ0v) is 11.3. The second kappa shape index (κ2) is 4.44. The minimum atomic E-state index is 0.535. The predicted molar refractivity (Wildman–Crippen MR) is 70.7 cm³/mol. The maximum Gasteiger partial charge on any atom is 0.126 e. The molecule has 0 fully saturated rings. The van der Waals surface area contributed by atoms with Crippen LogP contribution in [0.3, 0.4) is 0 Å². The summed E-state index contributed by atoms with van der Waals surface area (Å²) in [5.41, 5.74) is 5.49. The lowest BCUT2D eigenvalue weighted by atomic mass is 9.95. The van der Waals surface area contributed by atoms with Crippen molar-refractivity contribution in [2.75, 3.05) is 14.2 Å². The molecular weight excluding hydrogens is 212 g/mol. The van der Waals surface area contributed by atoms with Gasteiger partial charge in [0.1, 0.15) is 11.5 Å². The summed E-state index contributed by atoms with van der Waals surface area (Å²) < 4.78 is 10.8. The van der Waals surface area contributed by atoms with E-state index in [0.29, 0.717) is 5.92 Å². The van der Waals surface area contributed by atoms with E-state index in [1.807, 2.05) is 6.07 Å². The number of ether oxygens (including phenoxy) is 2. The van der Waals surface area contributed by atoms with Gasteiger partial charge in [0, 0.05) is 11.6 Å². The quantitative estimate of drug-likeness (QED) is 0.791. The molecule has 17 heavy (non-hydrogen) atoms. The third-order valence-electron chi connectivity index (χ3n) is 3.41. The molecule has 0 radical (unpaired) electrons. The van der Waals surface area contributed by atoms with Crippen molar-refractivity contribution < 1.29 is 9.47 Å². The van der Waals surface area contributed by atoms with Gasteiger partial charge in [-0.3, -0.25) is 0 Å². The van der Waals surface area contributed by atoms with Crippen molar-refractivity contribution >= 4 is 5.57 Å². The SMILES string of the molecule is COc1cc(OC)c2c(c1)C(C(C)C)=C(C)C2. The highest BCUT2D eigenvalue weighted by Crippen LogP contribution is 2.43. The van der Waals surface area contributed by atoms with Gasteiger partial charge in [0.15, 0.2) is 0 Å². The number of fused-ring (bicyclic) bond motifs is 1. The molecule has 2 rings (SSSR count). The molecule has 0 aliphatic heterocycles. The van der Waals surface area contributed by atoms with E-state index >= 15 is 0 Å². The van der Waals surface area contributed by atoms with Gasteiger partial charge in [-0.2, -0.15) is 0 Å². The third kappa shape index (κ3) is 1.92. The highest BCUT2D eigenvalue weighted by Gasteiger charge is 2.25. The molecule has 0 bridgehead atoms. The number of allylic oxidation sites excluding steroid dienone is 2. The van der Waals surface area contributed by atoms with Gasteiger partial charge in [-0.05, 0) is 36.5 Å². The molecule has 1 aromatic rings. The van der Waals surface area contributed by atoms with Crippen LogP contribution in [0.5, 0.6) is 11.5 Å². The van der Waals surface area contributed by atoms with Gasteiger partial charge >= 0.3 is 0 Å². The van der Waals surface area contributed by atoms with Crippen molar-refractivity contribution in [3.63, 3.8) is 0 Å². The fourth-order valence-electron chi connectivity index (χ4n) is 2.74. The number of hydrogen-bond acceptors (Lipinski definition) is 2. The fraction of sp³-hybridized carbons (Fsp3) is 0.467. The lowest BCUT2D eigenvalue weighted by Crippen LogP contribution is -1.97. The second-order valence-electron chi connectivity index (χ2n) is 4.88. The first-order valence-corrected chi connectivity index (χ1v) is 6.03. The Morgan fingerprint density at radius 1 is 1.12 bits per heavy atom. The van der Waals surface area contributed by atoms with E-state index in [9.17, 15) is 0 Å². The summed E-state index contributed by atoms with van der Waals surface area (Å²) in [5, 5.41) is 0. The Balaban J connectivity index is 2.60. The van der Waals surface area contributed by atoms with Crippen LogP contribution < -0.4 is 9.47 Å². The van der Waals surface area contributed by atoms with Crippen molar-refractivity contribution in [2.45, 2.75) is 27.2 Å². The van der Waals surface area contributed by atoms with Crippen LogP contribution in [0, 0.1) is 5.92 Å². The van der Waals surface area contributed by atoms with Crippen molar-refractivity contribution in [1.82, 2.24) is 0 Å². The molecule has 1 aromatic carbocycles. The molecule has 1 aliphatic rings. The highest BCUT2D eigenvalue weighted by molar-refractivity contribution is 5.80. The average Bonchev–Trinajstić information content (AvgIpc) is 2.63. The second-order valence-corrected chi connectivity index (χ2v) is 4.88. The molecule has 0 atom stereocenters. The van der Waals surface area contributed by atoms with E-state index in [1.165, 1.54) is 22.3 Å². The zero-order valence-electron chi connectivity index (χ0n) is 11.3. The molecule has 0 N–H and O–H groups in total. The molecule has 0 heterocycles. The molecule has 0 unspecified atom stereocenters. The number of rotatable bonds is 3. The van der Waals surface area contributed by atoms with Gasteiger partial charge in [0.05, 0.1) is 14.2 Å². The summed E-state index contributed by atoms with van der Waals surface area (Å²) in [6, 6.07) is 4.10. The molecule has 0 saturated carbocycles. The van der Waals surface area contributed by atoms with Gasteiger partial charge in [-0.1, -0.05) is 19.4 Å². The lowest BCUT2D eigenvalue weighted by Gasteiger charge is -2.14. The maximum absolute atomic E-state index is 5.47. The maximum atomic E-state index is 5.47. The minimum Gasteiger partial charge on any atom is -0.497 e. The molecule has 2 heteroatoms. The van der Waals surface area contributed by atoms with Crippen LogP contribution in [0.4, 0.5) is 0 Å². The standard InChI is InChI=1S/C15H20O2/c1-9(2)15-10(3)6-12-13(15)7-11(16-4)8-14(12)17-5/h7-9H,6H2,1-5H3. The number of benzene rings is 1. The Morgan fingerprint density at radius 2 is 1.82 bits per heavy atom. The summed E-state index contributed by atoms with van der Waals surface area (Å²) >= 11 is 0. The predicted octanol–water partition coefficient (Wildman–Crippen LogP) is 3.69. The van der Waals surface area contributed by atoms with Crippen LogP contribution in [-0.4, -0.2) is 14.2 Å². The third-order valence-corrected chi connectivity index (χ3v) is 3.41. The molecular formula is C15H20O2. The number of hydrogen-bond donors (Lipinski definition) is 0. The van der Waals surface area contributed by atoms with Crippen molar-refractivity contribution in [3.8, 4) is 11.5 Å². The molecule has 92 valence electrons. The molecule has 0 aromatic heterocycles. The zero-order chi connectivity index (χ0) is 12.6. The first-order chi connectivity index (χ1) is 8.08. The summed E-state index contributed by atoms with van der Waals surface area (Å²) in [6.45, 7) is 6.68. The van der Waals surface area contributed by atoms with Crippen molar-refractivity contribution in [1.29, 1.82) is 0 Å². The Bertz CT molecular complexity index is 470. The summed E-state index contributed by atoms with van der Waals surface area (Å²) in [7, 11) is 3.42. The lowest BCUT2D eigenvalue weighted by molar-refractivity contribution is 0.391. The minimum absolute atomic E-state index is 0.535. The monoisotopic (exact) mass is 232 g/mol. The van der Waals surface area contributed by atoms with Gasteiger partial charge in [-0.25, -0.2) is 0 Å². The Kier molecular flexibility index (Phi) is 3.14. The molecule has 0 amide bonds. The smallest absolute Gasteiger partial charge is 0.126 e. The van der Waals surface area contributed by atoms with Gasteiger partial charge < -0.3 is 9.47 Å². The van der Waals surface area contributed by atoms with Crippen LogP contribution in [0.2, 0.25) is 0 Å². The molecule has 2 nitrogen and oxygen atoms in total. The Morgan fingerprint density at radius 3 is 2.35 bits per heavy atom. The van der Waals surface area contributed by atoms with E-state index in [1.54, 1.807) is 14.2 Å². The fourth-order valence-corrected chi connectivity index (χ4v) is 2.74. The van der Waals surface area contributed by atoms with Crippen LogP contribution >= 0.6 is 0 Å². The summed E-state index contributed by atoms with van der Waals surface area (Å²) in [6.07, 6.45) is 0.996. The summed E-state index contributed by atoms with van der Waals surface area (Å²) in [5.74, 6) is 2.34. The van der Waals surface area contributed by atoms with E-state index in [2.05, 4.69) is 26.8 Å². The van der Waals surface area contributed by atoms with Crippen LogP contribution in [0.1, 0.15) is 31.9 Å². The highest BCUT2D eigenvalue weighted by atomic mass is 16.5. The van der Waals surface area contributed by atoms with Gasteiger partial charge in [-0.15, -0.1) is 0 Å². The van der Waals surface area contributed by atoms with E-state index in [0.717, 1.165) is 17.9 Å². The van der Waals surface area contributed by atoms with Crippen molar-refractivity contribution in [2.24, 2.45) is 5.92 Å². The Hall–Kier alpha value is -1.44. The number of methoxy groups -OCH3 is 2. The average molecular weight is 232 g/mol. The first-order valence-electron chi connectivity index (χ1n) is 6.03. The molecule has 0 saturated heterocycles. The largest absolute Gasteiger partial charge is 0.497 e. The van der Waals surface area contributed by atoms with Crippen LogP contribution in [0.25, 0.3) is 5.57 Å². The summed E-state index contributed by atoms with van der Waals surface area (Å²) in [4.78, 5) is 0. The van der Waals surface area contributed by atoms with E-state index in [-0.39, 0.29) is 0 Å². The van der Waals surface area contributed by atoms with Crippen molar-refractivity contribution in [3.05, 3.63) is 28.8 Å². The normalized spacial score (nSPS) is 14.2. The molecule has 0 spiro atoms. The van der Waals surface area contributed by atoms with E-state index < -0.39 is 0 Å². The Labute approximate surface area is 103 Å². The van der Waals surface area contributed by atoms with Gasteiger partial charge in [0.25, 0.3) is 0 Å². The first kappa shape index (κ1) is 12.0. The van der Waals surface area contributed by atoms with Crippen LogP contribution in [-0.2, 0) is 6.42 Å². The van der Waals surface area contributed by atoms with Crippen LogP contribution in [0.15, 0.2) is 17.7 Å². The topological polar surface area (TPSA) is 18.5 Å².